The molecule has 1 aliphatic heterocycles. The van der Waals surface area contributed by atoms with Crippen molar-refractivity contribution >= 4 is 29.2 Å². The van der Waals surface area contributed by atoms with E-state index in [1.54, 1.807) is 43.5 Å². The van der Waals surface area contributed by atoms with E-state index in [0.29, 0.717) is 17.1 Å². The smallest absolute Gasteiger partial charge is 0.332 e. The van der Waals surface area contributed by atoms with Crippen LogP contribution in [-0.4, -0.2) is 35.9 Å². The maximum absolute atomic E-state index is 13.3. The van der Waals surface area contributed by atoms with Gasteiger partial charge in [0.2, 0.25) is 5.91 Å². The first kappa shape index (κ1) is 23.0. The number of aryl methyl sites for hydroxylation is 1. The first-order chi connectivity index (χ1) is 16.4. The van der Waals surface area contributed by atoms with Crippen LogP contribution in [0.1, 0.15) is 17.5 Å². The van der Waals surface area contributed by atoms with Gasteiger partial charge in [-0.3, -0.25) is 9.59 Å². The fourth-order valence-corrected chi connectivity index (χ4v) is 3.79. The molecular weight excluding hydrogens is 437 g/mol. The van der Waals surface area contributed by atoms with Gasteiger partial charge in [0, 0.05) is 12.2 Å². The number of carbonyl (C=O) groups is 3. The zero-order valence-corrected chi connectivity index (χ0v) is 18.8. The summed E-state index contributed by atoms with van der Waals surface area (Å²) in [5.74, 6) is -0.682. The van der Waals surface area contributed by atoms with Crippen LogP contribution in [0, 0.1) is 12.7 Å². The first-order valence-electron chi connectivity index (χ1n) is 10.8. The third-order valence-corrected chi connectivity index (χ3v) is 5.63. The van der Waals surface area contributed by atoms with Gasteiger partial charge in [-0.2, -0.15) is 0 Å². The van der Waals surface area contributed by atoms with Crippen molar-refractivity contribution in [3.8, 4) is 5.75 Å². The van der Waals surface area contributed by atoms with Gasteiger partial charge in [-0.15, -0.1) is 0 Å². The van der Waals surface area contributed by atoms with Crippen LogP contribution in [-0.2, 0) is 16.1 Å². The molecule has 0 saturated carbocycles. The Bertz CT molecular complexity index is 1190. The summed E-state index contributed by atoms with van der Waals surface area (Å²) in [5, 5.41) is 2.66. The largest absolute Gasteiger partial charge is 0.497 e. The van der Waals surface area contributed by atoms with Gasteiger partial charge in [0.25, 0.3) is 5.91 Å². The summed E-state index contributed by atoms with van der Waals surface area (Å²) < 4.78 is 18.3. The van der Waals surface area contributed by atoms with Crippen molar-refractivity contribution in [2.75, 3.05) is 17.3 Å². The molecule has 1 heterocycles. The van der Waals surface area contributed by atoms with Crippen molar-refractivity contribution in [3.63, 3.8) is 0 Å². The van der Waals surface area contributed by atoms with E-state index in [0.717, 1.165) is 16.0 Å². The summed E-state index contributed by atoms with van der Waals surface area (Å²) in [7, 11) is 1.56. The van der Waals surface area contributed by atoms with E-state index < -0.39 is 29.7 Å². The third kappa shape index (κ3) is 4.91. The lowest BCUT2D eigenvalue weighted by atomic mass is 10.1. The number of hydrogen-bond acceptors (Lipinski definition) is 4. The summed E-state index contributed by atoms with van der Waals surface area (Å²) in [5.41, 5.74) is 2.63. The minimum Gasteiger partial charge on any atom is -0.497 e. The van der Waals surface area contributed by atoms with Crippen LogP contribution in [0.2, 0.25) is 0 Å². The minimum atomic E-state index is -0.989. The molecule has 7 nitrogen and oxygen atoms in total. The van der Waals surface area contributed by atoms with Crippen LogP contribution in [0.3, 0.4) is 0 Å². The maximum Gasteiger partial charge on any atom is 0.332 e. The molecule has 1 N–H and O–H groups in total. The topological polar surface area (TPSA) is 79.0 Å². The Hall–Kier alpha value is -4.20. The standard InChI is InChI=1S/C26H24FN3O4/c1-17-3-11-21(12-4-17)30-25(32)23(15-24(31)28-20-9-7-19(27)8-10-20)29(26(30)33)16-18-5-13-22(34-2)14-6-18/h3-14,23H,15-16H2,1-2H3,(H,28,31)/t23-/m0/s1. The monoisotopic (exact) mass is 461 g/mol. The lowest BCUT2D eigenvalue weighted by Gasteiger charge is -2.22. The van der Waals surface area contributed by atoms with Gasteiger partial charge >= 0.3 is 6.03 Å². The Morgan fingerprint density at radius 2 is 1.62 bits per heavy atom. The van der Waals surface area contributed by atoms with Crippen LogP contribution < -0.4 is 15.0 Å². The molecule has 3 aromatic carbocycles. The third-order valence-electron chi connectivity index (χ3n) is 5.63. The predicted molar refractivity (Wildman–Crippen MR) is 126 cm³/mol. The van der Waals surface area contributed by atoms with Crippen molar-refractivity contribution in [2.45, 2.75) is 25.9 Å². The number of carbonyl (C=O) groups excluding carboxylic acids is 3. The fourth-order valence-electron chi connectivity index (χ4n) is 3.79. The van der Waals surface area contributed by atoms with Crippen LogP contribution in [0.5, 0.6) is 5.75 Å². The summed E-state index contributed by atoms with van der Waals surface area (Å²) in [6.45, 7) is 2.06. The Morgan fingerprint density at radius 3 is 2.24 bits per heavy atom. The van der Waals surface area contributed by atoms with Crippen LogP contribution >= 0.6 is 0 Å². The number of hydrogen-bond donors (Lipinski definition) is 1. The van der Waals surface area contributed by atoms with E-state index in [-0.39, 0.29) is 13.0 Å². The number of rotatable bonds is 7. The number of ether oxygens (including phenoxy) is 1. The van der Waals surface area contributed by atoms with Crippen molar-refractivity contribution in [1.82, 2.24) is 4.90 Å². The van der Waals surface area contributed by atoms with E-state index in [2.05, 4.69) is 5.32 Å². The molecule has 1 atom stereocenters. The molecule has 3 aromatic rings. The van der Waals surface area contributed by atoms with Crippen molar-refractivity contribution < 1.29 is 23.5 Å². The highest BCUT2D eigenvalue weighted by atomic mass is 19.1. The van der Waals surface area contributed by atoms with Crippen molar-refractivity contribution in [2.24, 2.45) is 0 Å². The quantitative estimate of drug-likeness (QED) is 0.525. The van der Waals surface area contributed by atoms with E-state index in [9.17, 15) is 18.8 Å². The minimum absolute atomic E-state index is 0.144. The maximum atomic E-state index is 13.3. The molecule has 1 aliphatic rings. The van der Waals surface area contributed by atoms with Gasteiger partial charge in [-0.1, -0.05) is 29.8 Å². The van der Waals surface area contributed by atoms with Gasteiger partial charge in [0.15, 0.2) is 0 Å². The molecule has 4 amide bonds. The molecule has 4 rings (SSSR count). The number of urea groups is 1. The zero-order valence-electron chi connectivity index (χ0n) is 18.8. The molecule has 34 heavy (non-hydrogen) atoms. The van der Waals surface area contributed by atoms with Gasteiger partial charge in [0.05, 0.1) is 19.2 Å². The molecule has 0 radical (unpaired) electrons. The number of benzene rings is 3. The number of imide groups is 1. The number of amides is 4. The molecule has 1 fully saturated rings. The number of methoxy groups -OCH3 is 1. The molecule has 174 valence electrons. The summed E-state index contributed by atoms with van der Waals surface area (Å²) in [6, 6.07) is 18.0. The highest BCUT2D eigenvalue weighted by Gasteiger charge is 2.46. The lowest BCUT2D eigenvalue weighted by molar-refractivity contribution is -0.124. The Kier molecular flexibility index (Phi) is 6.58. The van der Waals surface area contributed by atoms with E-state index in [1.807, 2.05) is 19.1 Å². The summed E-state index contributed by atoms with van der Waals surface area (Å²) >= 11 is 0. The number of anilines is 2. The second-order valence-corrected chi connectivity index (χ2v) is 8.04. The predicted octanol–water partition coefficient (Wildman–Crippen LogP) is 4.51. The van der Waals surface area contributed by atoms with Crippen LogP contribution in [0.4, 0.5) is 20.6 Å². The molecule has 0 bridgehead atoms. The van der Waals surface area contributed by atoms with E-state index >= 15 is 0 Å². The number of nitrogens with one attached hydrogen (secondary N) is 1. The van der Waals surface area contributed by atoms with Gasteiger partial charge < -0.3 is 15.0 Å². The number of nitrogens with zero attached hydrogens (tertiary/aromatic N) is 2. The van der Waals surface area contributed by atoms with Crippen molar-refractivity contribution in [1.29, 1.82) is 0 Å². The Labute approximate surface area is 196 Å². The molecule has 8 heteroatoms. The van der Waals surface area contributed by atoms with Gasteiger partial charge in [-0.25, -0.2) is 14.1 Å². The van der Waals surface area contributed by atoms with Crippen molar-refractivity contribution in [3.05, 3.63) is 89.7 Å². The van der Waals surface area contributed by atoms with E-state index in [1.165, 1.54) is 29.2 Å². The zero-order chi connectivity index (χ0) is 24.2. The van der Waals surface area contributed by atoms with Gasteiger partial charge in [0.1, 0.15) is 17.6 Å². The summed E-state index contributed by atoms with van der Waals surface area (Å²) in [6.07, 6.45) is -0.236. The molecular formula is C26H24FN3O4. The molecule has 0 aliphatic carbocycles. The highest BCUT2D eigenvalue weighted by molar-refractivity contribution is 6.22. The average molecular weight is 461 g/mol. The SMILES string of the molecule is COc1ccc(CN2C(=O)N(c3ccc(C)cc3)C(=O)[C@@H]2CC(=O)Nc2ccc(F)cc2)cc1. The molecule has 0 aromatic heterocycles. The molecule has 1 saturated heterocycles. The molecule has 0 spiro atoms. The first-order valence-corrected chi connectivity index (χ1v) is 10.8. The lowest BCUT2D eigenvalue weighted by Crippen LogP contribution is -2.37. The van der Waals surface area contributed by atoms with Gasteiger partial charge in [-0.05, 0) is 61.0 Å². The number of halogens is 1. The normalized spacial score (nSPS) is 15.6. The summed E-state index contributed by atoms with van der Waals surface area (Å²) in [4.78, 5) is 42.0. The fraction of sp³-hybridized carbons (Fsp3) is 0.192. The second kappa shape index (κ2) is 9.74. The molecule has 0 unspecified atom stereocenters. The Morgan fingerprint density at radius 1 is 0.971 bits per heavy atom. The van der Waals surface area contributed by atoms with Crippen LogP contribution in [0.15, 0.2) is 72.8 Å². The van der Waals surface area contributed by atoms with Crippen LogP contribution in [0.25, 0.3) is 0 Å². The second-order valence-electron chi connectivity index (χ2n) is 8.04. The average Bonchev–Trinajstić information content (AvgIpc) is 3.05. The highest BCUT2D eigenvalue weighted by Crippen LogP contribution is 2.29. The Balaban J connectivity index is 1.59. The van der Waals surface area contributed by atoms with E-state index in [4.69, 9.17) is 4.74 Å².